The van der Waals surface area contributed by atoms with Gasteiger partial charge in [0.1, 0.15) is 6.54 Å². The summed E-state index contributed by atoms with van der Waals surface area (Å²) in [7, 11) is 1.54. The number of carboxylic acid groups (broad SMARTS) is 1. The second-order valence-corrected chi connectivity index (χ2v) is 5.14. The molecule has 7 heteroatoms. The lowest BCUT2D eigenvalue weighted by Gasteiger charge is -2.18. The molecule has 0 fully saturated rings. The summed E-state index contributed by atoms with van der Waals surface area (Å²) in [5.41, 5.74) is 0. The van der Waals surface area contributed by atoms with Crippen LogP contribution < -0.4 is 10.6 Å². The first-order valence-electron chi connectivity index (χ1n) is 6.80. The first kappa shape index (κ1) is 18.2. The number of rotatable bonds is 9. The lowest BCUT2D eigenvalue weighted by atomic mass is 10.2. The van der Waals surface area contributed by atoms with E-state index in [1.54, 1.807) is 7.05 Å². The maximum absolute atomic E-state index is 11.6. The monoisotopic (exact) mass is 287 g/mol. The molecule has 3 amide bonds. The highest BCUT2D eigenvalue weighted by Crippen LogP contribution is 1.94. The van der Waals surface area contributed by atoms with Crippen LogP contribution in [0.15, 0.2) is 0 Å². The van der Waals surface area contributed by atoms with E-state index in [0.29, 0.717) is 31.8 Å². The smallest absolute Gasteiger partial charge is 0.317 e. The minimum absolute atomic E-state index is 0.00762. The fraction of sp³-hybridized carbons (Fsp3) is 0.769. The Bertz CT molecular complexity index is 332. The predicted molar refractivity (Wildman–Crippen MR) is 75.4 cm³/mol. The van der Waals surface area contributed by atoms with Gasteiger partial charge in [-0.2, -0.15) is 0 Å². The number of carbonyl (C=O) groups excluding carboxylic acids is 2. The average Bonchev–Trinajstić information content (AvgIpc) is 2.35. The standard InChI is InChI=1S/C13H25N3O4/c1-10(2)8-15-11(17)9-16(3)13(20)14-7-5-4-6-12(18)19/h10H,4-9H2,1-3H3,(H,14,20)(H,15,17)(H,18,19). The van der Waals surface area contributed by atoms with Crippen molar-refractivity contribution in [2.24, 2.45) is 5.92 Å². The molecule has 0 aromatic rings. The van der Waals surface area contributed by atoms with Crippen molar-refractivity contribution in [3.63, 3.8) is 0 Å². The van der Waals surface area contributed by atoms with E-state index < -0.39 is 5.97 Å². The number of aliphatic carboxylic acids is 1. The first-order chi connectivity index (χ1) is 9.32. The number of nitrogens with zero attached hydrogens (tertiary/aromatic N) is 1. The third-order valence-corrected chi connectivity index (χ3v) is 2.53. The van der Waals surface area contributed by atoms with Gasteiger partial charge in [-0.25, -0.2) is 4.79 Å². The highest BCUT2D eigenvalue weighted by molar-refractivity contribution is 5.83. The minimum Gasteiger partial charge on any atom is -0.481 e. The van der Waals surface area contributed by atoms with Gasteiger partial charge in [0.15, 0.2) is 0 Å². The number of amides is 3. The number of hydrogen-bond acceptors (Lipinski definition) is 3. The molecular weight excluding hydrogens is 262 g/mol. The molecule has 0 aliphatic carbocycles. The van der Waals surface area contributed by atoms with Crippen LogP contribution in [-0.2, 0) is 9.59 Å². The van der Waals surface area contributed by atoms with E-state index >= 15 is 0 Å². The van der Waals surface area contributed by atoms with Gasteiger partial charge in [-0.3, -0.25) is 9.59 Å². The molecule has 0 bridgehead atoms. The summed E-state index contributed by atoms with van der Waals surface area (Å²) >= 11 is 0. The van der Waals surface area contributed by atoms with E-state index in [-0.39, 0.29) is 24.9 Å². The summed E-state index contributed by atoms with van der Waals surface area (Å²) < 4.78 is 0. The number of carboxylic acids is 1. The van der Waals surface area contributed by atoms with Gasteiger partial charge >= 0.3 is 12.0 Å². The summed E-state index contributed by atoms with van der Waals surface area (Å²) in [6.07, 6.45) is 1.23. The van der Waals surface area contributed by atoms with Crippen LogP contribution in [0.25, 0.3) is 0 Å². The summed E-state index contributed by atoms with van der Waals surface area (Å²) in [6, 6.07) is -0.333. The maximum Gasteiger partial charge on any atom is 0.317 e. The lowest BCUT2D eigenvalue weighted by molar-refractivity contribution is -0.137. The Hall–Kier alpha value is -1.79. The zero-order valence-corrected chi connectivity index (χ0v) is 12.4. The van der Waals surface area contributed by atoms with Crippen LogP contribution in [0.5, 0.6) is 0 Å². The molecule has 0 aliphatic heterocycles. The van der Waals surface area contributed by atoms with E-state index in [4.69, 9.17) is 5.11 Å². The second kappa shape index (κ2) is 10.1. The molecule has 0 aromatic heterocycles. The Balaban J connectivity index is 3.75. The normalized spacial score (nSPS) is 10.2. The number of carbonyl (C=O) groups is 3. The molecule has 0 heterocycles. The molecule has 7 nitrogen and oxygen atoms in total. The van der Waals surface area contributed by atoms with Gasteiger partial charge in [-0.15, -0.1) is 0 Å². The Morgan fingerprint density at radius 3 is 2.35 bits per heavy atom. The van der Waals surface area contributed by atoms with Crippen LogP contribution >= 0.6 is 0 Å². The van der Waals surface area contributed by atoms with Crippen LogP contribution in [0.2, 0.25) is 0 Å². The van der Waals surface area contributed by atoms with Gasteiger partial charge in [-0.1, -0.05) is 13.8 Å². The molecule has 116 valence electrons. The first-order valence-corrected chi connectivity index (χ1v) is 6.80. The van der Waals surface area contributed by atoms with Crippen molar-refractivity contribution in [3.05, 3.63) is 0 Å². The van der Waals surface area contributed by atoms with Gasteiger partial charge in [0.05, 0.1) is 0 Å². The van der Waals surface area contributed by atoms with Gasteiger partial charge in [0.2, 0.25) is 5.91 Å². The van der Waals surface area contributed by atoms with Gasteiger partial charge in [-0.05, 0) is 18.8 Å². The number of likely N-dealkylation sites (N-methyl/N-ethyl adjacent to an activating group) is 1. The maximum atomic E-state index is 11.6. The third-order valence-electron chi connectivity index (χ3n) is 2.53. The van der Waals surface area contributed by atoms with Crippen molar-refractivity contribution < 1.29 is 19.5 Å². The van der Waals surface area contributed by atoms with Crippen LogP contribution in [0.4, 0.5) is 4.79 Å². The molecule has 0 unspecified atom stereocenters. The summed E-state index contributed by atoms with van der Waals surface area (Å²) in [4.78, 5) is 34.7. The fourth-order valence-electron chi connectivity index (χ4n) is 1.39. The van der Waals surface area contributed by atoms with Crippen LogP contribution in [-0.4, -0.2) is 54.6 Å². The molecule has 3 N–H and O–H groups in total. The average molecular weight is 287 g/mol. The molecular formula is C13H25N3O4. The zero-order chi connectivity index (χ0) is 15.5. The van der Waals surface area contributed by atoms with Crippen molar-refractivity contribution in [1.29, 1.82) is 0 Å². The Morgan fingerprint density at radius 1 is 1.15 bits per heavy atom. The van der Waals surface area contributed by atoms with Crippen LogP contribution in [0.3, 0.4) is 0 Å². The molecule has 20 heavy (non-hydrogen) atoms. The molecule has 0 saturated carbocycles. The molecule has 0 atom stereocenters. The van der Waals surface area contributed by atoms with Crippen molar-refractivity contribution >= 4 is 17.9 Å². The SMILES string of the molecule is CC(C)CNC(=O)CN(C)C(=O)NCCCCC(=O)O. The van der Waals surface area contributed by atoms with Crippen molar-refractivity contribution in [3.8, 4) is 0 Å². The largest absolute Gasteiger partial charge is 0.481 e. The second-order valence-electron chi connectivity index (χ2n) is 5.14. The molecule has 0 saturated heterocycles. The molecule has 0 radical (unpaired) electrons. The number of nitrogens with one attached hydrogen (secondary N) is 2. The van der Waals surface area contributed by atoms with Crippen molar-refractivity contribution in [1.82, 2.24) is 15.5 Å². The Kier molecular flexibility index (Phi) is 9.15. The van der Waals surface area contributed by atoms with Gasteiger partial charge < -0.3 is 20.6 Å². The van der Waals surface area contributed by atoms with E-state index in [1.165, 1.54) is 4.90 Å². The fourth-order valence-corrected chi connectivity index (χ4v) is 1.39. The molecule has 0 rings (SSSR count). The molecule has 0 aromatic carbocycles. The Morgan fingerprint density at radius 2 is 1.80 bits per heavy atom. The number of hydrogen-bond donors (Lipinski definition) is 3. The van der Waals surface area contributed by atoms with E-state index in [2.05, 4.69) is 10.6 Å². The van der Waals surface area contributed by atoms with Crippen molar-refractivity contribution in [2.45, 2.75) is 33.1 Å². The highest BCUT2D eigenvalue weighted by Gasteiger charge is 2.12. The van der Waals surface area contributed by atoms with Crippen molar-refractivity contribution in [2.75, 3.05) is 26.7 Å². The number of unbranched alkanes of at least 4 members (excludes halogenated alkanes) is 1. The van der Waals surface area contributed by atoms with Crippen LogP contribution in [0.1, 0.15) is 33.1 Å². The third kappa shape index (κ3) is 10.2. The van der Waals surface area contributed by atoms with Crippen LogP contribution in [0, 0.1) is 5.92 Å². The highest BCUT2D eigenvalue weighted by atomic mass is 16.4. The van der Waals surface area contributed by atoms with Gasteiger partial charge in [0.25, 0.3) is 0 Å². The summed E-state index contributed by atoms with van der Waals surface area (Å²) in [5, 5.41) is 13.8. The van der Waals surface area contributed by atoms with Gasteiger partial charge in [0, 0.05) is 26.6 Å². The topological polar surface area (TPSA) is 98.7 Å². The lowest BCUT2D eigenvalue weighted by Crippen LogP contribution is -2.44. The summed E-state index contributed by atoms with van der Waals surface area (Å²) in [5.74, 6) is -0.662. The van der Waals surface area contributed by atoms with E-state index in [9.17, 15) is 14.4 Å². The van der Waals surface area contributed by atoms with E-state index in [0.717, 1.165) is 0 Å². The molecule has 0 aliphatic rings. The Labute approximate surface area is 119 Å². The minimum atomic E-state index is -0.838. The predicted octanol–water partition coefficient (Wildman–Crippen LogP) is 0.655. The zero-order valence-electron chi connectivity index (χ0n) is 12.4. The van der Waals surface area contributed by atoms with E-state index in [1.807, 2.05) is 13.8 Å². The summed E-state index contributed by atoms with van der Waals surface area (Å²) in [6.45, 7) is 4.99. The number of urea groups is 1. The molecule has 0 spiro atoms. The quantitative estimate of drug-likeness (QED) is 0.542.